The van der Waals surface area contributed by atoms with Crippen molar-refractivity contribution in [3.05, 3.63) is 52.8 Å². The van der Waals surface area contributed by atoms with Crippen LogP contribution in [0.1, 0.15) is 42.7 Å². The molecule has 0 spiro atoms. The molecule has 3 aromatic rings. The van der Waals surface area contributed by atoms with Gasteiger partial charge in [0.1, 0.15) is 11.4 Å². The first-order chi connectivity index (χ1) is 12.5. The molecule has 4 nitrogen and oxygen atoms in total. The van der Waals surface area contributed by atoms with Crippen LogP contribution < -0.4 is 10.5 Å². The van der Waals surface area contributed by atoms with Crippen LogP contribution in [0.4, 0.5) is 0 Å². The molecular formula is C21H24ClN3O. The highest BCUT2D eigenvalue weighted by Gasteiger charge is 2.20. The molecule has 0 amide bonds. The molecule has 0 atom stereocenters. The Hall–Kier alpha value is -2.04. The summed E-state index contributed by atoms with van der Waals surface area (Å²) < 4.78 is 7.37. The first-order valence-corrected chi connectivity index (χ1v) is 9.51. The van der Waals surface area contributed by atoms with Gasteiger partial charge in [-0.15, -0.1) is 0 Å². The van der Waals surface area contributed by atoms with Gasteiger partial charge < -0.3 is 14.9 Å². The molecule has 0 radical (unpaired) electrons. The predicted molar refractivity (Wildman–Crippen MR) is 106 cm³/mol. The monoisotopic (exact) mass is 369 g/mol. The van der Waals surface area contributed by atoms with Crippen LogP contribution in [0.5, 0.6) is 5.75 Å². The third-order valence-electron chi connectivity index (χ3n) is 5.50. The Bertz CT molecular complexity index is 942. The van der Waals surface area contributed by atoms with Gasteiger partial charge in [-0.25, -0.2) is 4.98 Å². The van der Waals surface area contributed by atoms with E-state index in [9.17, 15) is 0 Å². The van der Waals surface area contributed by atoms with E-state index in [2.05, 4.69) is 35.9 Å². The molecule has 4 rings (SSSR count). The Morgan fingerprint density at radius 3 is 2.69 bits per heavy atom. The highest BCUT2D eigenvalue weighted by molar-refractivity contribution is 6.32. The average Bonchev–Trinajstić information content (AvgIpc) is 3.06. The van der Waals surface area contributed by atoms with E-state index in [-0.39, 0.29) is 0 Å². The number of rotatable bonds is 3. The number of halogens is 1. The van der Waals surface area contributed by atoms with Crippen molar-refractivity contribution in [1.29, 1.82) is 0 Å². The van der Waals surface area contributed by atoms with Crippen LogP contribution in [0, 0.1) is 6.92 Å². The van der Waals surface area contributed by atoms with Gasteiger partial charge in [0.15, 0.2) is 0 Å². The molecule has 2 heterocycles. The Balaban J connectivity index is 1.69. The molecule has 1 aliphatic rings. The zero-order valence-corrected chi connectivity index (χ0v) is 16.0. The Kier molecular flexibility index (Phi) is 4.63. The highest BCUT2D eigenvalue weighted by Crippen LogP contribution is 2.35. The fourth-order valence-corrected chi connectivity index (χ4v) is 4.16. The molecule has 0 saturated heterocycles. The molecule has 0 unspecified atom stereocenters. The lowest BCUT2D eigenvalue weighted by Gasteiger charge is -2.26. The summed E-state index contributed by atoms with van der Waals surface area (Å²) in [6, 6.07) is 8.69. The SMILES string of the molecule is COc1cc(C)c(-c2cn3ccc(C4CCC(N)CC4)cc3n2)cc1Cl. The molecule has 26 heavy (non-hydrogen) atoms. The zero-order valence-electron chi connectivity index (χ0n) is 15.2. The van der Waals surface area contributed by atoms with E-state index in [0.29, 0.717) is 22.7 Å². The Morgan fingerprint density at radius 2 is 1.96 bits per heavy atom. The van der Waals surface area contributed by atoms with Crippen molar-refractivity contribution in [2.75, 3.05) is 7.11 Å². The lowest BCUT2D eigenvalue weighted by atomic mass is 9.82. The second kappa shape index (κ2) is 6.93. The molecule has 2 N–H and O–H groups in total. The maximum atomic E-state index is 6.32. The van der Waals surface area contributed by atoms with Gasteiger partial charge in [-0.05, 0) is 73.9 Å². The summed E-state index contributed by atoms with van der Waals surface area (Å²) in [6.45, 7) is 2.05. The van der Waals surface area contributed by atoms with Gasteiger partial charge in [0.05, 0.1) is 17.8 Å². The number of aryl methyl sites for hydroxylation is 1. The summed E-state index contributed by atoms with van der Waals surface area (Å²) in [7, 11) is 1.63. The van der Waals surface area contributed by atoms with E-state index >= 15 is 0 Å². The zero-order chi connectivity index (χ0) is 18.3. The minimum Gasteiger partial charge on any atom is -0.495 e. The van der Waals surface area contributed by atoms with E-state index in [1.807, 2.05) is 12.1 Å². The second-order valence-electron chi connectivity index (χ2n) is 7.27. The topological polar surface area (TPSA) is 52.5 Å². The Morgan fingerprint density at radius 1 is 1.19 bits per heavy atom. The van der Waals surface area contributed by atoms with Crippen LogP contribution in [0.15, 0.2) is 36.7 Å². The number of hydrogen-bond acceptors (Lipinski definition) is 3. The van der Waals surface area contributed by atoms with Crippen molar-refractivity contribution >= 4 is 17.2 Å². The number of nitrogens with two attached hydrogens (primary N) is 1. The normalized spacial score (nSPS) is 20.5. The fraction of sp³-hybridized carbons (Fsp3) is 0.381. The molecule has 1 fully saturated rings. The maximum absolute atomic E-state index is 6.32. The summed E-state index contributed by atoms with van der Waals surface area (Å²) in [5.41, 5.74) is 11.4. The van der Waals surface area contributed by atoms with E-state index in [0.717, 1.165) is 48.2 Å². The lowest BCUT2D eigenvalue weighted by Crippen LogP contribution is -2.25. The molecular weight excluding hydrogens is 346 g/mol. The molecule has 5 heteroatoms. The van der Waals surface area contributed by atoms with Gasteiger partial charge in [0, 0.05) is 24.0 Å². The number of aromatic nitrogens is 2. The van der Waals surface area contributed by atoms with Crippen molar-refractivity contribution < 1.29 is 4.74 Å². The highest BCUT2D eigenvalue weighted by atomic mass is 35.5. The third kappa shape index (κ3) is 3.19. The number of hydrogen-bond donors (Lipinski definition) is 1. The number of fused-ring (bicyclic) bond motifs is 1. The van der Waals surface area contributed by atoms with Crippen molar-refractivity contribution in [3.8, 4) is 17.0 Å². The van der Waals surface area contributed by atoms with Gasteiger partial charge in [0.2, 0.25) is 0 Å². The van der Waals surface area contributed by atoms with Crippen molar-refractivity contribution in [2.24, 2.45) is 5.73 Å². The molecule has 1 aliphatic carbocycles. The first kappa shape index (κ1) is 17.4. The molecule has 2 aromatic heterocycles. The number of imidazole rings is 1. The quantitative estimate of drug-likeness (QED) is 0.710. The molecule has 1 aromatic carbocycles. The van der Waals surface area contributed by atoms with Crippen LogP contribution in [0.2, 0.25) is 5.02 Å². The van der Waals surface area contributed by atoms with E-state index in [1.54, 1.807) is 7.11 Å². The number of pyridine rings is 1. The minimum atomic E-state index is 0.371. The van der Waals surface area contributed by atoms with Crippen LogP contribution >= 0.6 is 11.6 Å². The van der Waals surface area contributed by atoms with Crippen molar-refractivity contribution in [1.82, 2.24) is 9.38 Å². The maximum Gasteiger partial charge on any atom is 0.137 e. The Labute approximate surface area is 158 Å². The average molecular weight is 370 g/mol. The third-order valence-corrected chi connectivity index (χ3v) is 5.80. The van der Waals surface area contributed by atoms with Gasteiger partial charge >= 0.3 is 0 Å². The minimum absolute atomic E-state index is 0.371. The molecule has 1 saturated carbocycles. The number of ether oxygens (including phenoxy) is 1. The van der Waals surface area contributed by atoms with E-state index in [1.165, 1.54) is 5.56 Å². The van der Waals surface area contributed by atoms with Crippen LogP contribution in [-0.2, 0) is 0 Å². The van der Waals surface area contributed by atoms with Gasteiger partial charge in [0.25, 0.3) is 0 Å². The van der Waals surface area contributed by atoms with Crippen molar-refractivity contribution in [2.45, 2.75) is 44.6 Å². The van der Waals surface area contributed by atoms with Gasteiger partial charge in [-0.3, -0.25) is 0 Å². The van der Waals surface area contributed by atoms with Crippen LogP contribution in [0.3, 0.4) is 0 Å². The number of nitrogens with zero attached hydrogens (tertiary/aromatic N) is 2. The van der Waals surface area contributed by atoms with E-state index < -0.39 is 0 Å². The van der Waals surface area contributed by atoms with Crippen LogP contribution in [0.25, 0.3) is 16.9 Å². The van der Waals surface area contributed by atoms with Crippen LogP contribution in [-0.4, -0.2) is 22.5 Å². The van der Waals surface area contributed by atoms with E-state index in [4.69, 9.17) is 27.1 Å². The first-order valence-electron chi connectivity index (χ1n) is 9.14. The summed E-state index contributed by atoms with van der Waals surface area (Å²) in [4.78, 5) is 4.85. The smallest absolute Gasteiger partial charge is 0.137 e. The standard InChI is InChI=1S/C21H24ClN3O/c1-13-9-20(26-2)18(22)11-17(13)19-12-25-8-7-15(10-21(25)24-19)14-3-5-16(23)6-4-14/h7-12,14,16H,3-6,23H2,1-2H3. The fourth-order valence-electron chi connectivity index (χ4n) is 3.92. The second-order valence-corrected chi connectivity index (χ2v) is 7.67. The summed E-state index contributed by atoms with van der Waals surface area (Å²) in [5.74, 6) is 1.28. The molecule has 136 valence electrons. The lowest BCUT2D eigenvalue weighted by molar-refractivity contribution is 0.395. The summed E-state index contributed by atoms with van der Waals surface area (Å²) >= 11 is 6.32. The largest absolute Gasteiger partial charge is 0.495 e. The molecule has 0 aliphatic heterocycles. The summed E-state index contributed by atoms with van der Waals surface area (Å²) in [6.07, 6.45) is 8.71. The predicted octanol–water partition coefficient (Wildman–Crippen LogP) is 4.96. The number of benzene rings is 1. The van der Waals surface area contributed by atoms with Gasteiger partial charge in [-0.2, -0.15) is 0 Å². The molecule has 0 bridgehead atoms. The van der Waals surface area contributed by atoms with Gasteiger partial charge in [-0.1, -0.05) is 11.6 Å². The number of methoxy groups -OCH3 is 1. The van der Waals surface area contributed by atoms with Crippen molar-refractivity contribution in [3.63, 3.8) is 0 Å². The summed E-state index contributed by atoms with van der Waals surface area (Å²) in [5, 5.41) is 0.601.